The highest BCUT2D eigenvalue weighted by atomic mass is 16.5. The molecule has 136 valence electrons. The maximum absolute atomic E-state index is 6.01. The van der Waals surface area contributed by atoms with E-state index in [0.29, 0.717) is 6.10 Å². The Bertz CT molecular complexity index is 638. The summed E-state index contributed by atoms with van der Waals surface area (Å²) in [6.45, 7) is 2.23. The van der Waals surface area contributed by atoms with Gasteiger partial charge in [-0.05, 0) is 30.4 Å². The number of ether oxygens (including phenoxy) is 1. The van der Waals surface area contributed by atoms with Crippen molar-refractivity contribution >= 4 is 16.9 Å². The SMILES string of the molecule is CN=C(NCCOC1CCCCCC1)NCc1cc2ccccc2[nH]1. The van der Waals surface area contributed by atoms with Gasteiger partial charge in [-0.1, -0.05) is 43.9 Å². The third-order valence-corrected chi connectivity index (χ3v) is 4.81. The minimum atomic E-state index is 0.450. The maximum atomic E-state index is 6.01. The number of aromatic amines is 1. The number of H-pyrrole nitrogens is 1. The number of benzene rings is 1. The zero-order valence-corrected chi connectivity index (χ0v) is 15.2. The van der Waals surface area contributed by atoms with Crippen LogP contribution in [0, 0.1) is 0 Å². The van der Waals surface area contributed by atoms with Gasteiger partial charge in [-0.3, -0.25) is 4.99 Å². The highest BCUT2D eigenvalue weighted by molar-refractivity contribution is 5.81. The Morgan fingerprint density at radius 1 is 1.16 bits per heavy atom. The lowest BCUT2D eigenvalue weighted by Gasteiger charge is -2.16. The van der Waals surface area contributed by atoms with Gasteiger partial charge in [0.15, 0.2) is 5.96 Å². The normalized spacial score (nSPS) is 16.8. The van der Waals surface area contributed by atoms with E-state index < -0.39 is 0 Å². The summed E-state index contributed by atoms with van der Waals surface area (Å²) < 4.78 is 6.01. The van der Waals surface area contributed by atoms with E-state index in [-0.39, 0.29) is 0 Å². The standard InChI is InChI=1S/C20H30N4O/c1-21-20(22-12-13-25-18-9-4-2-3-5-10-18)23-15-17-14-16-8-6-7-11-19(16)24-17/h6-8,11,14,18,24H,2-5,9-10,12-13,15H2,1H3,(H2,21,22,23). The Labute approximate surface area is 150 Å². The molecule has 0 saturated heterocycles. The summed E-state index contributed by atoms with van der Waals surface area (Å²) >= 11 is 0. The van der Waals surface area contributed by atoms with Crippen LogP contribution in [0.25, 0.3) is 10.9 Å². The first-order chi connectivity index (χ1) is 12.3. The van der Waals surface area contributed by atoms with Gasteiger partial charge in [-0.15, -0.1) is 0 Å². The lowest BCUT2D eigenvalue weighted by Crippen LogP contribution is -2.39. The summed E-state index contributed by atoms with van der Waals surface area (Å²) in [6, 6.07) is 10.5. The molecule has 2 aromatic rings. The molecule has 0 radical (unpaired) electrons. The van der Waals surface area contributed by atoms with E-state index in [2.05, 4.69) is 44.9 Å². The van der Waals surface area contributed by atoms with E-state index >= 15 is 0 Å². The fraction of sp³-hybridized carbons (Fsp3) is 0.550. The van der Waals surface area contributed by atoms with Crippen LogP contribution >= 0.6 is 0 Å². The summed E-state index contributed by atoms with van der Waals surface area (Å²) in [5.41, 5.74) is 2.32. The molecule has 3 N–H and O–H groups in total. The van der Waals surface area contributed by atoms with Gasteiger partial charge in [-0.2, -0.15) is 0 Å². The minimum Gasteiger partial charge on any atom is -0.376 e. The van der Waals surface area contributed by atoms with Gasteiger partial charge in [0.1, 0.15) is 0 Å². The molecule has 3 rings (SSSR count). The van der Waals surface area contributed by atoms with Crippen molar-refractivity contribution in [1.29, 1.82) is 0 Å². The summed E-state index contributed by atoms with van der Waals surface area (Å²) in [7, 11) is 1.80. The Hall–Kier alpha value is -2.01. The monoisotopic (exact) mass is 342 g/mol. The van der Waals surface area contributed by atoms with Crippen LogP contribution in [-0.2, 0) is 11.3 Å². The van der Waals surface area contributed by atoms with Crippen molar-refractivity contribution in [2.45, 2.75) is 51.2 Å². The van der Waals surface area contributed by atoms with Crippen LogP contribution in [-0.4, -0.2) is 37.2 Å². The third kappa shape index (κ3) is 5.49. The number of guanidine groups is 1. The smallest absolute Gasteiger partial charge is 0.191 e. The molecule has 1 heterocycles. The summed E-state index contributed by atoms with van der Waals surface area (Å²) in [5, 5.41) is 7.91. The molecule has 1 aliphatic carbocycles. The Kier molecular flexibility index (Phi) is 6.74. The predicted octanol–water partition coefficient (Wildman–Crippen LogP) is 3.57. The van der Waals surface area contributed by atoms with Crippen molar-refractivity contribution in [3.63, 3.8) is 0 Å². The molecular formula is C20H30N4O. The molecule has 0 bridgehead atoms. The number of aliphatic imine (C=N–C) groups is 1. The van der Waals surface area contributed by atoms with Gasteiger partial charge in [0.05, 0.1) is 19.3 Å². The Balaban J connectivity index is 1.37. The predicted molar refractivity (Wildman–Crippen MR) is 104 cm³/mol. The quantitative estimate of drug-likeness (QED) is 0.325. The first kappa shape index (κ1) is 17.8. The summed E-state index contributed by atoms with van der Waals surface area (Å²) in [5.74, 6) is 0.808. The van der Waals surface area contributed by atoms with Crippen molar-refractivity contribution in [3.05, 3.63) is 36.0 Å². The van der Waals surface area contributed by atoms with Crippen LogP contribution in [0.2, 0.25) is 0 Å². The maximum Gasteiger partial charge on any atom is 0.191 e. The van der Waals surface area contributed by atoms with Crippen LogP contribution < -0.4 is 10.6 Å². The van der Waals surface area contributed by atoms with Crippen LogP contribution in [0.4, 0.5) is 0 Å². The lowest BCUT2D eigenvalue weighted by atomic mass is 10.1. The molecule has 0 spiro atoms. The molecule has 0 atom stereocenters. The average Bonchev–Trinajstić information content (AvgIpc) is 2.88. The van der Waals surface area contributed by atoms with E-state index in [0.717, 1.165) is 31.3 Å². The highest BCUT2D eigenvalue weighted by Gasteiger charge is 2.12. The molecule has 1 fully saturated rings. The van der Waals surface area contributed by atoms with E-state index in [4.69, 9.17) is 4.74 Å². The van der Waals surface area contributed by atoms with Crippen LogP contribution in [0.3, 0.4) is 0 Å². The fourth-order valence-corrected chi connectivity index (χ4v) is 3.43. The minimum absolute atomic E-state index is 0.450. The number of nitrogens with one attached hydrogen (secondary N) is 3. The average molecular weight is 342 g/mol. The van der Waals surface area contributed by atoms with Gasteiger partial charge < -0.3 is 20.4 Å². The molecule has 5 heteroatoms. The van der Waals surface area contributed by atoms with Gasteiger partial charge in [0, 0.05) is 24.8 Å². The zero-order chi connectivity index (χ0) is 17.3. The van der Waals surface area contributed by atoms with Gasteiger partial charge in [0.25, 0.3) is 0 Å². The van der Waals surface area contributed by atoms with Crippen molar-refractivity contribution < 1.29 is 4.74 Å². The van der Waals surface area contributed by atoms with Crippen molar-refractivity contribution in [2.24, 2.45) is 4.99 Å². The van der Waals surface area contributed by atoms with Gasteiger partial charge >= 0.3 is 0 Å². The summed E-state index contributed by atoms with van der Waals surface area (Å²) in [4.78, 5) is 7.70. The number of hydrogen-bond donors (Lipinski definition) is 3. The second-order valence-electron chi connectivity index (χ2n) is 6.72. The first-order valence-corrected chi connectivity index (χ1v) is 9.48. The fourth-order valence-electron chi connectivity index (χ4n) is 3.43. The van der Waals surface area contributed by atoms with Crippen molar-refractivity contribution in [3.8, 4) is 0 Å². The molecule has 1 aliphatic rings. The van der Waals surface area contributed by atoms with Crippen LogP contribution in [0.1, 0.15) is 44.2 Å². The highest BCUT2D eigenvalue weighted by Crippen LogP contribution is 2.19. The molecule has 1 saturated carbocycles. The van der Waals surface area contributed by atoms with Crippen LogP contribution in [0.5, 0.6) is 0 Å². The number of aromatic nitrogens is 1. The molecule has 5 nitrogen and oxygen atoms in total. The molecular weight excluding hydrogens is 312 g/mol. The van der Waals surface area contributed by atoms with Crippen molar-refractivity contribution in [2.75, 3.05) is 20.2 Å². The number of para-hydroxylation sites is 1. The Morgan fingerprint density at radius 2 is 1.96 bits per heavy atom. The second-order valence-corrected chi connectivity index (χ2v) is 6.72. The largest absolute Gasteiger partial charge is 0.376 e. The Morgan fingerprint density at radius 3 is 2.72 bits per heavy atom. The third-order valence-electron chi connectivity index (χ3n) is 4.81. The molecule has 1 aromatic heterocycles. The lowest BCUT2D eigenvalue weighted by molar-refractivity contribution is 0.0468. The van der Waals surface area contributed by atoms with E-state index in [9.17, 15) is 0 Å². The topological polar surface area (TPSA) is 61.4 Å². The molecule has 0 aliphatic heterocycles. The van der Waals surface area contributed by atoms with E-state index in [1.165, 1.54) is 49.4 Å². The number of nitrogens with zero attached hydrogens (tertiary/aromatic N) is 1. The van der Waals surface area contributed by atoms with E-state index in [1.807, 2.05) is 6.07 Å². The number of hydrogen-bond acceptors (Lipinski definition) is 2. The van der Waals surface area contributed by atoms with Crippen LogP contribution in [0.15, 0.2) is 35.3 Å². The molecule has 25 heavy (non-hydrogen) atoms. The first-order valence-electron chi connectivity index (χ1n) is 9.48. The number of rotatable bonds is 6. The molecule has 0 amide bonds. The van der Waals surface area contributed by atoms with Gasteiger partial charge in [0.2, 0.25) is 0 Å². The zero-order valence-electron chi connectivity index (χ0n) is 15.2. The van der Waals surface area contributed by atoms with Gasteiger partial charge in [-0.25, -0.2) is 0 Å². The van der Waals surface area contributed by atoms with E-state index in [1.54, 1.807) is 7.05 Å². The molecule has 0 unspecified atom stereocenters. The number of fused-ring (bicyclic) bond motifs is 1. The summed E-state index contributed by atoms with van der Waals surface area (Å²) in [6.07, 6.45) is 8.23. The second kappa shape index (κ2) is 9.47. The van der Waals surface area contributed by atoms with Crippen molar-refractivity contribution in [1.82, 2.24) is 15.6 Å². The molecule has 1 aromatic carbocycles.